The van der Waals surface area contributed by atoms with Gasteiger partial charge in [0.05, 0.1) is 10.6 Å². The predicted molar refractivity (Wildman–Crippen MR) is 81.2 cm³/mol. The van der Waals surface area contributed by atoms with Crippen LogP contribution < -0.4 is 10.6 Å². The number of carbonyl (C=O) groups excluding carboxylic acids is 1. The quantitative estimate of drug-likeness (QED) is 0.895. The molecule has 1 unspecified atom stereocenters. The Bertz CT molecular complexity index is 451. The summed E-state index contributed by atoms with van der Waals surface area (Å²) in [6, 6.07) is 3.81. The lowest BCUT2D eigenvalue weighted by molar-refractivity contribution is 0.0951. The van der Waals surface area contributed by atoms with Gasteiger partial charge in [-0.25, -0.2) is 4.39 Å². The normalized spacial score (nSPS) is 18.2. The fraction of sp³-hybridized carbons (Fsp3) is 0.500. The van der Waals surface area contributed by atoms with E-state index in [2.05, 4.69) is 10.6 Å². The molecule has 0 spiro atoms. The smallest absolute Gasteiger partial charge is 0.252 e. The molecule has 2 rings (SSSR count). The van der Waals surface area contributed by atoms with Gasteiger partial charge in [0.2, 0.25) is 0 Å². The van der Waals surface area contributed by atoms with Crippen LogP contribution in [-0.4, -0.2) is 25.5 Å². The maximum atomic E-state index is 12.9. The minimum absolute atomic E-state index is 0. The topological polar surface area (TPSA) is 41.1 Å². The number of hydrogen-bond acceptors (Lipinski definition) is 2. The fourth-order valence-corrected chi connectivity index (χ4v) is 2.58. The van der Waals surface area contributed by atoms with Crippen molar-refractivity contribution in [3.05, 3.63) is 34.6 Å². The summed E-state index contributed by atoms with van der Waals surface area (Å²) in [5.41, 5.74) is 0.324. The molecule has 1 fully saturated rings. The molecule has 0 aliphatic carbocycles. The molecule has 0 aromatic heterocycles. The van der Waals surface area contributed by atoms with Gasteiger partial charge in [0.25, 0.3) is 5.91 Å². The molecule has 1 aliphatic heterocycles. The Balaban J connectivity index is 0.00000200. The van der Waals surface area contributed by atoms with Gasteiger partial charge in [-0.2, -0.15) is 0 Å². The summed E-state index contributed by atoms with van der Waals surface area (Å²) < 4.78 is 12.9. The minimum Gasteiger partial charge on any atom is -0.352 e. The van der Waals surface area contributed by atoms with Crippen LogP contribution in [0.5, 0.6) is 0 Å². The van der Waals surface area contributed by atoms with Gasteiger partial charge in [-0.05, 0) is 56.5 Å². The second kappa shape index (κ2) is 8.45. The van der Waals surface area contributed by atoms with Crippen LogP contribution in [0.3, 0.4) is 0 Å². The number of hydrogen-bond donors (Lipinski definition) is 2. The average Bonchev–Trinajstić information content (AvgIpc) is 2.39. The van der Waals surface area contributed by atoms with E-state index >= 15 is 0 Å². The third kappa shape index (κ3) is 4.93. The molecule has 1 atom stereocenters. The molecular formula is C14H19Cl2FN2O. The van der Waals surface area contributed by atoms with Crippen LogP contribution in [0.1, 0.15) is 29.6 Å². The first-order chi connectivity index (χ1) is 9.16. The molecule has 1 saturated heterocycles. The van der Waals surface area contributed by atoms with Crippen molar-refractivity contribution < 1.29 is 9.18 Å². The summed E-state index contributed by atoms with van der Waals surface area (Å²) in [5, 5.41) is 6.33. The Labute approximate surface area is 129 Å². The summed E-state index contributed by atoms with van der Waals surface area (Å²) in [5.74, 6) is -0.0543. The van der Waals surface area contributed by atoms with Crippen molar-refractivity contribution in [2.24, 2.45) is 5.92 Å². The van der Waals surface area contributed by atoms with Crippen molar-refractivity contribution in [3.63, 3.8) is 0 Å². The van der Waals surface area contributed by atoms with Crippen LogP contribution >= 0.6 is 24.0 Å². The molecule has 1 aromatic carbocycles. The average molecular weight is 321 g/mol. The highest BCUT2D eigenvalue weighted by atomic mass is 35.5. The molecule has 1 aromatic rings. The van der Waals surface area contributed by atoms with Crippen LogP contribution in [0.2, 0.25) is 5.02 Å². The van der Waals surface area contributed by atoms with Crippen LogP contribution in [-0.2, 0) is 0 Å². The lowest BCUT2D eigenvalue weighted by atomic mass is 9.96. The summed E-state index contributed by atoms with van der Waals surface area (Å²) in [7, 11) is 0. The Hall–Kier alpha value is -0.840. The van der Waals surface area contributed by atoms with Gasteiger partial charge < -0.3 is 10.6 Å². The Morgan fingerprint density at radius 3 is 2.95 bits per heavy atom. The molecule has 1 amide bonds. The van der Waals surface area contributed by atoms with Crippen LogP contribution in [0.4, 0.5) is 4.39 Å². The lowest BCUT2D eigenvalue weighted by Crippen LogP contribution is -2.33. The Morgan fingerprint density at radius 2 is 2.30 bits per heavy atom. The molecule has 0 saturated carbocycles. The first-order valence-corrected chi connectivity index (χ1v) is 6.98. The molecule has 112 valence electrons. The van der Waals surface area contributed by atoms with Gasteiger partial charge in [-0.15, -0.1) is 12.4 Å². The number of rotatable bonds is 4. The number of carbonyl (C=O) groups is 1. The molecule has 0 bridgehead atoms. The summed E-state index contributed by atoms with van der Waals surface area (Å²) in [6.45, 7) is 2.74. The minimum atomic E-state index is -0.435. The maximum absolute atomic E-state index is 12.9. The molecule has 6 heteroatoms. The molecule has 1 heterocycles. The third-order valence-electron chi connectivity index (χ3n) is 3.41. The van der Waals surface area contributed by atoms with Crippen molar-refractivity contribution in [1.82, 2.24) is 10.6 Å². The van der Waals surface area contributed by atoms with Gasteiger partial charge in [0.15, 0.2) is 0 Å². The molecule has 2 N–H and O–H groups in total. The standard InChI is InChI=1S/C14H18ClFN2O.ClH/c15-13-8-11(16)3-4-12(13)14(19)18-7-5-10-2-1-6-17-9-10;/h3-4,8,10,17H,1-2,5-7,9H2,(H,18,19);1H. The largest absolute Gasteiger partial charge is 0.352 e. The first kappa shape index (κ1) is 17.2. The van der Waals surface area contributed by atoms with Crippen molar-refractivity contribution in [1.29, 1.82) is 0 Å². The van der Waals surface area contributed by atoms with Gasteiger partial charge in [0, 0.05) is 6.54 Å². The van der Waals surface area contributed by atoms with Crippen molar-refractivity contribution >= 4 is 29.9 Å². The lowest BCUT2D eigenvalue weighted by Gasteiger charge is -2.22. The van der Waals surface area contributed by atoms with Gasteiger partial charge in [-0.3, -0.25) is 4.79 Å². The summed E-state index contributed by atoms with van der Waals surface area (Å²) in [4.78, 5) is 11.9. The number of nitrogens with one attached hydrogen (secondary N) is 2. The number of amides is 1. The highest BCUT2D eigenvalue weighted by Gasteiger charge is 2.14. The highest BCUT2D eigenvalue weighted by molar-refractivity contribution is 6.33. The van der Waals surface area contributed by atoms with Crippen LogP contribution in [0.15, 0.2) is 18.2 Å². The van der Waals surface area contributed by atoms with E-state index in [9.17, 15) is 9.18 Å². The highest BCUT2D eigenvalue weighted by Crippen LogP contribution is 2.17. The number of piperidine rings is 1. The van der Waals surface area contributed by atoms with E-state index in [1.165, 1.54) is 25.0 Å². The van der Waals surface area contributed by atoms with Crippen LogP contribution in [0.25, 0.3) is 0 Å². The van der Waals surface area contributed by atoms with E-state index in [0.29, 0.717) is 18.0 Å². The second-order valence-electron chi connectivity index (χ2n) is 4.88. The van der Waals surface area contributed by atoms with Crippen molar-refractivity contribution in [2.75, 3.05) is 19.6 Å². The first-order valence-electron chi connectivity index (χ1n) is 6.61. The number of halogens is 3. The van der Waals surface area contributed by atoms with E-state index in [1.54, 1.807) is 0 Å². The molecule has 0 radical (unpaired) electrons. The number of benzene rings is 1. The van der Waals surface area contributed by atoms with E-state index in [-0.39, 0.29) is 23.3 Å². The van der Waals surface area contributed by atoms with Gasteiger partial charge in [0.1, 0.15) is 5.82 Å². The van der Waals surface area contributed by atoms with E-state index in [1.807, 2.05) is 0 Å². The molecule has 3 nitrogen and oxygen atoms in total. The summed E-state index contributed by atoms with van der Waals surface area (Å²) in [6.07, 6.45) is 3.36. The zero-order chi connectivity index (χ0) is 13.7. The molecular weight excluding hydrogens is 302 g/mol. The fourth-order valence-electron chi connectivity index (χ4n) is 2.33. The van der Waals surface area contributed by atoms with Gasteiger partial charge in [-0.1, -0.05) is 11.6 Å². The third-order valence-corrected chi connectivity index (χ3v) is 3.73. The monoisotopic (exact) mass is 320 g/mol. The second-order valence-corrected chi connectivity index (χ2v) is 5.29. The molecule has 1 aliphatic rings. The predicted octanol–water partition coefficient (Wildman–Crippen LogP) is 3.02. The SMILES string of the molecule is Cl.O=C(NCCC1CCCNC1)c1ccc(F)cc1Cl. The summed E-state index contributed by atoms with van der Waals surface area (Å²) >= 11 is 5.84. The van der Waals surface area contributed by atoms with E-state index in [0.717, 1.165) is 25.6 Å². The van der Waals surface area contributed by atoms with E-state index in [4.69, 9.17) is 11.6 Å². The van der Waals surface area contributed by atoms with Crippen molar-refractivity contribution in [3.8, 4) is 0 Å². The zero-order valence-corrected chi connectivity index (χ0v) is 12.7. The maximum Gasteiger partial charge on any atom is 0.252 e. The zero-order valence-electron chi connectivity index (χ0n) is 11.1. The Morgan fingerprint density at radius 1 is 1.50 bits per heavy atom. The Kier molecular flexibility index (Phi) is 7.27. The van der Waals surface area contributed by atoms with Crippen LogP contribution in [0, 0.1) is 11.7 Å². The van der Waals surface area contributed by atoms with E-state index < -0.39 is 5.82 Å². The van der Waals surface area contributed by atoms with Gasteiger partial charge >= 0.3 is 0 Å². The molecule has 20 heavy (non-hydrogen) atoms. The van der Waals surface area contributed by atoms with Crippen molar-refractivity contribution in [2.45, 2.75) is 19.3 Å².